The summed E-state index contributed by atoms with van der Waals surface area (Å²) in [4.78, 5) is 8.83. The molecule has 0 radical (unpaired) electrons. The minimum absolute atomic E-state index is 0.418. The Labute approximate surface area is 131 Å². The zero-order valence-corrected chi connectivity index (χ0v) is 12.6. The van der Waals surface area contributed by atoms with E-state index in [-0.39, 0.29) is 0 Å². The number of hydrogen-bond acceptors (Lipinski definition) is 3. The molecule has 2 heterocycles. The Kier molecular flexibility index (Phi) is 2.98. The van der Waals surface area contributed by atoms with E-state index in [4.69, 9.17) is 16.3 Å². The van der Waals surface area contributed by atoms with Crippen molar-refractivity contribution in [3.05, 3.63) is 60.0 Å². The summed E-state index contributed by atoms with van der Waals surface area (Å²) in [6, 6.07) is 15.7. The summed E-state index contributed by atoms with van der Waals surface area (Å²) >= 11 is 6.28. The van der Waals surface area contributed by atoms with Gasteiger partial charge in [0, 0.05) is 11.1 Å². The van der Waals surface area contributed by atoms with Gasteiger partial charge < -0.3 is 4.74 Å². The van der Waals surface area contributed by atoms with Gasteiger partial charge in [-0.15, -0.1) is 0 Å². The Morgan fingerprint density at radius 1 is 1.05 bits per heavy atom. The SMILES string of the molecule is COc1ccc(-n2cnc3c(Cl)nc4ccccc4c32)cc1. The predicted octanol–water partition coefficient (Wildman–Crippen LogP) is 4.24. The number of methoxy groups -OCH3 is 1. The van der Waals surface area contributed by atoms with E-state index in [0.717, 1.165) is 27.9 Å². The van der Waals surface area contributed by atoms with E-state index in [9.17, 15) is 0 Å². The third-order valence-corrected chi connectivity index (χ3v) is 3.95. The first-order valence-electron chi connectivity index (χ1n) is 6.83. The normalized spacial score (nSPS) is 11.2. The van der Waals surface area contributed by atoms with Gasteiger partial charge in [0.25, 0.3) is 0 Å². The van der Waals surface area contributed by atoms with Crippen molar-refractivity contribution in [2.45, 2.75) is 0 Å². The summed E-state index contributed by atoms with van der Waals surface area (Å²) in [6.45, 7) is 0. The topological polar surface area (TPSA) is 39.9 Å². The number of ether oxygens (including phenoxy) is 1. The van der Waals surface area contributed by atoms with Crippen molar-refractivity contribution in [1.29, 1.82) is 0 Å². The molecule has 4 nitrogen and oxygen atoms in total. The molecule has 0 saturated heterocycles. The average molecular weight is 310 g/mol. The highest BCUT2D eigenvalue weighted by atomic mass is 35.5. The van der Waals surface area contributed by atoms with Crippen LogP contribution in [0.1, 0.15) is 0 Å². The van der Waals surface area contributed by atoms with Gasteiger partial charge in [0.2, 0.25) is 0 Å². The summed E-state index contributed by atoms with van der Waals surface area (Å²) in [5, 5.41) is 1.44. The molecule has 0 amide bonds. The van der Waals surface area contributed by atoms with Crippen LogP contribution in [-0.2, 0) is 0 Å². The molecule has 0 fully saturated rings. The molecular formula is C17H12ClN3O. The van der Waals surface area contributed by atoms with E-state index < -0.39 is 0 Å². The minimum Gasteiger partial charge on any atom is -0.497 e. The molecule has 0 spiro atoms. The molecule has 0 aliphatic heterocycles. The largest absolute Gasteiger partial charge is 0.497 e. The van der Waals surface area contributed by atoms with Crippen LogP contribution in [0.5, 0.6) is 5.75 Å². The van der Waals surface area contributed by atoms with Gasteiger partial charge in [0.1, 0.15) is 17.6 Å². The van der Waals surface area contributed by atoms with Crippen LogP contribution in [0.2, 0.25) is 5.15 Å². The zero-order valence-electron chi connectivity index (χ0n) is 11.8. The molecule has 0 aliphatic rings. The minimum atomic E-state index is 0.418. The first kappa shape index (κ1) is 13.1. The van der Waals surface area contributed by atoms with Crippen molar-refractivity contribution in [3.63, 3.8) is 0 Å². The van der Waals surface area contributed by atoms with Crippen LogP contribution < -0.4 is 4.74 Å². The second kappa shape index (κ2) is 5.00. The smallest absolute Gasteiger partial charge is 0.157 e. The predicted molar refractivity (Wildman–Crippen MR) is 87.9 cm³/mol. The standard InChI is InChI=1S/C17H12ClN3O/c1-22-12-8-6-11(7-9-12)21-10-19-15-16(21)13-4-2-3-5-14(13)20-17(15)18/h2-10H,1H3. The summed E-state index contributed by atoms with van der Waals surface area (Å²) in [5.74, 6) is 0.817. The lowest BCUT2D eigenvalue weighted by Crippen LogP contribution is -1.94. The molecule has 0 atom stereocenters. The van der Waals surface area contributed by atoms with Crippen molar-refractivity contribution < 1.29 is 4.74 Å². The highest BCUT2D eigenvalue weighted by Crippen LogP contribution is 2.30. The van der Waals surface area contributed by atoms with Gasteiger partial charge in [0.15, 0.2) is 5.15 Å². The highest BCUT2D eigenvalue weighted by molar-refractivity contribution is 6.35. The zero-order chi connectivity index (χ0) is 15.1. The van der Waals surface area contributed by atoms with Gasteiger partial charge in [-0.1, -0.05) is 29.8 Å². The van der Waals surface area contributed by atoms with E-state index in [2.05, 4.69) is 9.97 Å². The fourth-order valence-corrected chi connectivity index (χ4v) is 2.85. The van der Waals surface area contributed by atoms with Crippen molar-refractivity contribution in [3.8, 4) is 11.4 Å². The third kappa shape index (κ3) is 1.92. The number of halogens is 1. The molecule has 0 unspecified atom stereocenters. The van der Waals surface area contributed by atoms with Crippen LogP contribution in [0.3, 0.4) is 0 Å². The lowest BCUT2D eigenvalue weighted by molar-refractivity contribution is 0.415. The molecule has 2 aromatic heterocycles. The first-order chi connectivity index (χ1) is 10.8. The van der Waals surface area contributed by atoms with Gasteiger partial charge in [-0.3, -0.25) is 4.57 Å². The maximum Gasteiger partial charge on any atom is 0.157 e. The van der Waals surface area contributed by atoms with Gasteiger partial charge in [-0.2, -0.15) is 0 Å². The third-order valence-electron chi connectivity index (χ3n) is 3.69. The number of para-hydroxylation sites is 1. The number of rotatable bonds is 2. The molecule has 4 aromatic rings. The Morgan fingerprint density at radius 2 is 1.82 bits per heavy atom. The van der Waals surface area contributed by atoms with E-state index in [0.29, 0.717) is 10.7 Å². The van der Waals surface area contributed by atoms with E-state index in [1.165, 1.54) is 0 Å². The highest BCUT2D eigenvalue weighted by Gasteiger charge is 2.13. The summed E-state index contributed by atoms with van der Waals surface area (Å²) in [5.41, 5.74) is 3.52. The lowest BCUT2D eigenvalue weighted by Gasteiger charge is -2.08. The molecule has 0 N–H and O–H groups in total. The molecular weight excluding hydrogens is 298 g/mol. The quantitative estimate of drug-likeness (QED) is 0.520. The number of nitrogens with zero attached hydrogens (tertiary/aromatic N) is 3. The van der Waals surface area contributed by atoms with Crippen LogP contribution >= 0.6 is 11.6 Å². The fraction of sp³-hybridized carbons (Fsp3) is 0.0588. The number of pyridine rings is 1. The number of imidazole rings is 1. The van der Waals surface area contributed by atoms with E-state index in [1.807, 2.05) is 53.1 Å². The average Bonchev–Trinajstić information content (AvgIpc) is 3.01. The Balaban J connectivity index is 2.05. The molecule has 0 saturated carbocycles. The van der Waals surface area contributed by atoms with Crippen LogP contribution in [0, 0.1) is 0 Å². The summed E-state index contributed by atoms with van der Waals surface area (Å²) in [6.07, 6.45) is 1.77. The Hall–Kier alpha value is -2.59. The molecule has 0 bridgehead atoms. The van der Waals surface area contributed by atoms with Gasteiger partial charge in [-0.05, 0) is 30.3 Å². The molecule has 4 rings (SSSR count). The van der Waals surface area contributed by atoms with E-state index >= 15 is 0 Å². The Bertz CT molecular complexity index is 976. The van der Waals surface area contributed by atoms with Gasteiger partial charge in [0.05, 0.1) is 18.1 Å². The van der Waals surface area contributed by atoms with Crippen molar-refractivity contribution in [1.82, 2.24) is 14.5 Å². The second-order valence-corrected chi connectivity index (χ2v) is 5.29. The first-order valence-corrected chi connectivity index (χ1v) is 7.21. The van der Waals surface area contributed by atoms with Crippen LogP contribution in [0.4, 0.5) is 0 Å². The van der Waals surface area contributed by atoms with Crippen molar-refractivity contribution >= 4 is 33.5 Å². The fourth-order valence-electron chi connectivity index (χ4n) is 2.63. The summed E-state index contributed by atoms with van der Waals surface area (Å²) in [7, 11) is 1.65. The summed E-state index contributed by atoms with van der Waals surface area (Å²) < 4.78 is 7.23. The molecule has 0 aliphatic carbocycles. The van der Waals surface area contributed by atoms with Gasteiger partial charge >= 0.3 is 0 Å². The number of fused-ring (bicyclic) bond motifs is 3. The van der Waals surface area contributed by atoms with Crippen molar-refractivity contribution in [2.24, 2.45) is 0 Å². The van der Waals surface area contributed by atoms with E-state index in [1.54, 1.807) is 13.4 Å². The molecule has 108 valence electrons. The number of aromatic nitrogens is 3. The molecule has 22 heavy (non-hydrogen) atoms. The molecule has 5 heteroatoms. The van der Waals surface area contributed by atoms with Crippen molar-refractivity contribution in [2.75, 3.05) is 7.11 Å². The Morgan fingerprint density at radius 3 is 2.59 bits per heavy atom. The van der Waals surface area contributed by atoms with Crippen LogP contribution in [0.15, 0.2) is 54.9 Å². The van der Waals surface area contributed by atoms with Gasteiger partial charge in [-0.25, -0.2) is 9.97 Å². The monoisotopic (exact) mass is 309 g/mol. The second-order valence-electron chi connectivity index (χ2n) is 4.93. The maximum absolute atomic E-state index is 6.28. The van der Waals surface area contributed by atoms with Crippen LogP contribution in [0.25, 0.3) is 27.6 Å². The lowest BCUT2D eigenvalue weighted by atomic mass is 10.2. The number of benzene rings is 2. The number of hydrogen-bond donors (Lipinski definition) is 0. The molecule has 2 aromatic carbocycles. The maximum atomic E-state index is 6.28. The van der Waals surface area contributed by atoms with Crippen LogP contribution in [-0.4, -0.2) is 21.6 Å².